The molecule has 2 aliphatic rings. The number of carbonyl (C=O) groups excluding carboxylic acids is 2. The molecule has 0 bridgehead atoms. The topological polar surface area (TPSA) is 84.2 Å². The van der Waals surface area contributed by atoms with Gasteiger partial charge in [0.25, 0.3) is 11.5 Å². The van der Waals surface area contributed by atoms with Crippen LogP contribution in [0.25, 0.3) is 11.7 Å². The third-order valence-corrected chi connectivity index (χ3v) is 7.68. The fraction of sp³-hybridized carbons (Fsp3) is 0.480. The van der Waals surface area contributed by atoms with Crippen LogP contribution in [0.2, 0.25) is 0 Å². The summed E-state index contributed by atoms with van der Waals surface area (Å²) < 4.78 is 7.19. The number of hydrogen-bond acceptors (Lipinski definition) is 8. The Balaban J connectivity index is 1.68. The van der Waals surface area contributed by atoms with Crippen molar-refractivity contribution in [3.63, 3.8) is 0 Å². The van der Waals surface area contributed by atoms with Crippen molar-refractivity contribution in [2.75, 3.05) is 31.1 Å². The lowest BCUT2D eigenvalue weighted by molar-refractivity contribution is -0.148. The van der Waals surface area contributed by atoms with Crippen molar-refractivity contribution in [2.24, 2.45) is 5.92 Å². The molecule has 0 aromatic carbocycles. The number of fused-ring (bicyclic) bond motifs is 1. The Morgan fingerprint density at radius 3 is 2.71 bits per heavy atom. The summed E-state index contributed by atoms with van der Waals surface area (Å²) in [5.41, 5.74) is 0.649. The van der Waals surface area contributed by atoms with E-state index in [9.17, 15) is 14.4 Å². The van der Waals surface area contributed by atoms with Gasteiger partial charge in [-0.2, -0.15) is 0 Å². The molecule has 0 aliphatic carbocycles. The molecule has 0 unspecified atom stereocenters. The molecule has 2 fully saturated rings. The molecule has 2 saturated heterocycles. The van der Waals surface area contributed by atoms with E-state index in [-0.39, 0.29) is 23.4 Å². The number of thioether (sulfide) groups is 1. The zero-order chi connectivity index (χ0) is 24.9. The molecule has 8 nitrogen and oxygen atoms in total. The molecule has 1 amide bonds. The number of aromatic nitrogens is 2. The van der Waals surface area contributed by atoms with E-state index in [1.807, 2.05) is 11.0 Å². The van der Waals surface area contributed by atoms with Gasteiger partial charge in [-0.15, -0.1) is 0 Å². The molecule has 186 valence electrons. The van der Waals surface area contributed by atoms with Crippen LogP contribution in [0.4, 0.5) is 5.82 Å². The number of carbonyl (C=O) groups is 2. The van der Waals surface area contributed by atoms with Gasteiger partial charge in [-0.1, -0.05) is 49.8 Å². The summed E-state index contributed by atoms with van der Waals surface area (Å²) in [4.78, 5) is 47.7. The first-order chi connectivity index (χ1) is 16.9. The maximum Gasteiger partial charge on any atom is 0.309 e. The number of hydrogen-bond donors (Lipinski definition) is 0. The lowest BCUT2D eigenvalue weighted by Gasteiger charge is -2.32. The van der Waals surface area contributed by atoms with Crippen molar-refractivity contribution >= 4 is 57.7 Å². The number of ether oxygens (including phenoxy) is 1. The molecule has 0 spiro atoms. The fourth-order valence-corrected chi connectivity index (χ4v) is 5.68. The summed E-state index contributed by atoms with van der Waals surface area (Å²) >= 11 is 6.69. The first-order valence-electron chi connectivity index (χ1n) is 12.1. The standard InChI is InChI=1S/C25H30N4O4S2/c1-3-5-7-13-29-23(31)19(35-25(29)34)16-18-21(26-20-9-6-8-12-28(20)22(18)30)27-14-10-17(11-15-27)24(32)33-4-2/h6,8-9,12,16-17H,3-5,7,10-11,13-15H2,1-2H3. The van der Waals surface area contributed by atoms with Crippen LogP contribution in [-0.2, 0) is 14.3 Å². The second-order valence-corrected chi connectivity index (χ2v) is 10.3. The lowest BCUT2D eigenvalue weighted by Crippen LogP contribution is -2.39. The summed E-state index contributed by atoms with van der Waals surface area (Å²) in [6.45, 7) is 6.00. The Kier molecular flexibility index (Phi) is 8.22. The van der Waals surface area contributed by atoms with Crippen LogP contribution in [0.3, 0.4) is 0 Å². The minimum Gasteiger partial charge on any atom is -0.466 e. The number of rotatable bonds is 8. The van der Waals surface area contributed by atoms with Gasteiger partial charge in [0.15, 0.2) is 0 Å². The van der Waals surface area contributed by atoms with Crippen molar-refractivity contribution in [3.8, 4) is 0 Å². The van der Waals surface area contributed by atoms with Crippen molar-refractivity contribution in [2.45, 2.75) is 46.0 Å². The van der Waals surface area contributed by atoms with Crippen molar-refractivity contribution in [1.29, 1.82) is 0 Å². The second-order valence-electron chi connectivity index (χ2n) is 8.64. The molecule has 4 rings (SSSR count). The highest BCUT2D eigenvalue weighted by atomic mass is 32.2. The zero-order valence-corrected chi connectivity index (χ0v) is 21.7. The van der Waals surface area contributed by atoms with E-state index in [1.54, 1.807) is 36.2 Å². The highest BCUT2D eigenvalue weighted by molar-refractivity contribution is 8.26. The quantitative estimate of drug-likeness (QED) is 0.227. The largest absolute Gasteiger partial charge is 0.466 e. The van der Waals surface area contributed by atoms with Gasteiger partial charge in [-0.3, -0.25) is 23.7 Å². The van der Waals surface area contributed by atoms with Crippen LogP contribution in [0.5, 0.6) is 0 Å². The Morgan fingerprint density at radius 1 is 1.23 bits per heavy atom. The molecule has 2 aromatic rings. The first-order valence-corrected chi connectivity index (χ1v) is 13.3. The summed E-state index contributed by atoms with van der Waals surface area (Å²) in [5.74, 6) is 0.0293. The Morgan fingerprint density at radius 2 is 2.00 bits per heavy atom. The maximum absolute atomic E-state index is 13.5. The van der Waals surface area contributed by atoms with E-state index in [0.717, 1.165) is 19.3 Å². The van der Waals surface area contributed by atoms with E-state index in [4.69, 9.17) is 21.9 Å². The molecule has 35 heavy (non-hydrogen) atoms. The summed E-state index contributed by atoms with van der Waals surface area (Å²) in [6, 6.07) is 5.39. The highest BCUT2D eigenvalue weighted by Gasteiger charge is 2.33. The molecule has 0 radical (unpaired) electrons. The highest BCUT2D eigenvalue weighted by Crippen LogP contribution is 2.34. The number of esters is 1. The van der Waals surface area contributed by atoms with Gasteiger partial charge in [0.1, 0.15) is 15.8 Å². The zero-order valence-electron chi connectivity index (χ0n) is 20.1. The third kappa shape index (κ3) is 5.43. The lowest BCUT2D eigenvalue weighted by atomic mass is 9.96. The molecule has 0 atom stereocenters. The molecule has 2 aliphatic heterocycles. The van der Waals surface area contributed by atoms with Gasteiger partial charge in [0.05, 0.1) is 23.0 Å². The Bertz CT molecular complexity index is 1220. The number of unbranched alkanes of at least 4 members (excludes halogenated alkanes) is 2. The molecule has 0 N–H and O–H groups in total. The minimum atomic E-state index is -0.241. The number of thiocarbonyl (C=S) groups is 1. The minimum absolute atomic E-state index is 0.157. The first kappa shape index (κ1) is 25.4. The van der Waals surface area contributed by atoms with Crippen LogP contribution < -0.4 is 10.5 Å². The number of anilines is 1. The fourth-order valence-electron chi connectivity index (χ4n) is 4.39. The Hall–Kier alpha value is -2.72. The van der Waals surface area contributed by atoms with E-state index in [2.05, 4.69) is 6.92 Å². The molecular weight excluding hydrogens is 484 g/mol. The van der Waals surface area contributed by atoms with Crippen LogP contribution in [-0.4, -0.2) is 56.7 Å². The van der Waals surface area contributed by atoms with Gasteiger partial charge in [-0.05, 0) is 44.4 Å². The van der Waals surface area contributed by atoms with E-state index < -0.39 is 0 Å². The number of nitrogens with zero attached hydrogens (tertiary/aromatic N) is 4. The van der Waals surface area contributed by atoms with Gasteiger partial charge in [-0.25, -0.2) is 4.98 Å². The van der Waals surface area contributed by atoms with Crippen LogP contribution >= 0.6 is 24.0 Å². The van der Waals surface area contributed by atoms with E-state index in [1.165, 1.54) is 16.2 Å². The summed E-state index contributed by atoms with van der Waals surface area (Å²) in [5, 5.41) is 0. The average molecular weight is 515 g/mol. The predicted molar refractivity (Wildman–Crippen MR) is 142 cm³/mol. The second kappa shape index (κ2) is 11.3. The normalized spacial score (nSPS) is 18.2. The van der Waals surface area contributed by atoms with Gasteiger partial charge in [0, 0.05) is 25.8 Å². The smallest absolute Gasteiger partial charge is 0.309 e. The summed E-state index contributed by atoms with van der Waals surface area (Å²) in [6.07, 6.45) is 7.52. The molecule has 0 saturated carbocycles. The van der Waals surface area contributed by atoms with Crippen LogP contribution in [0, 0.1) is 5.92 Å². The van der Waals surface area contributed by atoms with Gasteiger partial charge >= 0.3 is 5.97 Å². The maximum atomic E-state index is 13.5. The van der Waals surface area contributed by atoms with Crippen molar-refractivity contribution in [3.05, 3.63) is 45.2 Å². The molecule has 10 heteroatoms. The molecule has 2 aromatic heterocycles. The number of pyridine rings is 1. The van der Waals surface area contributed by atoms with Gasteiger partial charge < -0.3 is 9.64 Å². The van der Waals surface area contributed by atoms with Gasteiger partial charge in [0.2, 0.25) is 0 Å². The third-order valence-electron chi connectivity index (χ3n) is 6.30. The predicted octanol–water partition coefficient (Wildman–Crippen LogP) is 3.87. The molecular formula is C25H30N4O4S2. The SMILES string of the molecule is CCCCCN1C(=O)C(=Cc2c(N3CCC(C(=O)OCC)CC3)nc3ccccn3c2=O)SC1=S. The van der Waals surface area contributed by atoms with Crippen molar-refractivity contribution < 1.29 is 14.3 Å². The number of amides is 1. The summed E-state index contributed by atoms with van der Waals surface area (Å²) in [7, 11) is 0. The number of piperidine rings is 1. The molecule has 4 heterocycles. The van der Waals surface area contributed by atoms with E-state index >= 15 is 0 Å². The Labute approximate surface area is 214 Å². The average Bonchev–Trinajstić information content (AvgIpc) is 3.13. The van der Waals surface area contributed by atoms with Crippen LogP contribution in [0.1, 0.15) is 51.5 Å². The monoisotopic (exact) mass is 514 g/mol. The van der Waals surface area contributed by atoms with E-state index in [0.29, 0.717) is 65.3 Å². The van der Waals surface area contributed by atoms with Crippen LogP contribution in [0.15, 0.2) is 34.1 Å². The van der Waals surface area contributed by atoms with Crippen molar-refractivity contribution in [1.82, 2.24) is 14.3 Å².